The molecule has 1 N–H and O–H groups in total. The highest BCUT2D eigenvalue weighted by Crippen LogP contribution is 2.37. The molecule has 1 aliphatic heterocycles. The predicted molar refractivity (Wildman–Crippen MR) is 62.7 cm³/mol. The Labute approximate surface area is 98.0 Å². The number of hydrogen-bond acceptors (Lipinski definition) is 3. The van der Waals surface area contributed by atoms with Crippen molar-refractivity contribution in [3.05, 3.63) is 42.0 Å². The maximum atomic E-state index is 11.4. The number of rotatable bonds is 0. The number of aliphatic hydroxyl groups excluding tert-OH is 1. The molecular formula is C13H11NO3. The third kappa shape index (κ3) is 1.38. The van der Waals surface area contributed by atoms with E-state index < -0.39 is 12.3 Å². The molecule has 1 unspecified atom stereocenters. The van der Waals surface area contributed by atoms with Crippen LogP contribution in [0.4, 0.5) is 4.79 Å². The quantitative estimate of drug-likeness (QED) is 0.754. The van der Waals surface area contributed by atoms with Gasteiger partial charge in [0.25, 0.3) is 0 Å². The molecular weight excluding hydrogens is 218 g/mol. The molecule has 0 aromatic heterocycles. The number of amides is 1. The minimum absolute atomic E-state index is 0.430. The van der Waals surface area contributed by atoms with E-state index in [0.29, 0.717) is 11.3 Å². The first kappa shape index (κ1) is 10.1. The average Bonchev–Trinajstić information content (AvgIpc) is 2.35. The van der Waals surface area contributed by atoms with Crippen LogP contribution >= 0.6 is 0 Å². The lowest BCUT2D eigenvalue weighted by molar-refractivity contribution is 0.0160. The molecule has 1 aliphatic rings. The Bertz CT molecular complexity index is 609. The Morgan fingerprint density at radius 1 is 1.24 bits per heavy atom. The van der Waals surface area contributed by atoms with Crippen LogP contribution in [0.1, 0.15) is 11.8 Å². The first-order valence-electron chi connectivity index (χ1n) is 5.33. The van der Waals surface area contributed by atoms with E-state index >= 15 is 0 Å². The van der Waals surface area contributed by atoms with E-state index in [1.807, 2.05) is 30.3 Å². The second-order valence-corrected chi connectivity index (χ2v) is 4.05. The number of carbonyl (C=O) groups excluding carboxylic acids is 1. The predicted octanol–water partition coefficient (Wildman–Crippen LogP) is 2.27. The van der Waals surface area contributed by atoms with Crippen molar-refractivity contribution < 1.29 is 14.6 Å². The highest BCUT2D eigenvalue weighted by Gasteiger charge is 2.31. The molecule has 4 nitrogen and oxygen atoms in total. The van der Waals surface area contributed by atoms with E-state index in [-0.39, 0.29) is 0 Å². The van der Waals surface area contributed by atoms with Crippen molar-refractivity contribution in [2.45, 2.75) is 6.23 Å². The van der Waals surface area contributed by atoms with Gasteiger partial charge in [-0.15, -0.1) is 0 Å². The molecule has 86 valence electrons. The van der Waals surface area contributed by atoms with Crippen LogP contribution in [0.3, 0.4) is 0 Å². The van der Waals surface area contributed by atoms with Crippen molar-refractivity contribution in [3.63, 3.8) is 0 Å². The topological polar surface area (TPSA) is 49.8 Å². The zero-order chi connectivity index (χ0) is 12.0. The van der Waals surface area contributed by atoms with Gasteiger partial charge in [-0.3, -0.25) is 4.90 Å². The second-order valence-electron chi connectivity index (χ2n) is 4.05. The van der Waals surface area contributed by atoms with Crippen molar-refractivity contribution in [3.8, 4) is 5.75 Å². The zero-order valence-electron chi connectivity index (χ0n) is 9.25. The number of fused-ring (bicyclic) bond motifs is 3. The number of nitrogens with zero attached hydrogens (tertiary/aromatic N) is 1. The average molecular weight is 229 g/mol. The molecule has 4 heteroatoms. The summed E-state index contributed by atoms with van der Waals surface area (Å²) >= 11 is 0. The molecule has 2 aromatic rings. The molecule has 0 fully saturated rings. The van der Waals surface area contributed by atoms with Gasteiger partial charge in [-0.05, 0) is 16.8 Å². The SMILES string of the molecule is CN1C(=O)Oc2ccc3ccccc3c2C1O. The molecule has 1 heterocycles. The molecule has 3 rings (SSSR count). The van der Waals surface area contributed by atoms with Gasteiger partial charge >= 0.3 is 6.09 Å². The zero-order valence-corrected chi connectivity index (χ0v) is 9.25. The molecule has 0 saturated heterocycles. The van der Waals surface area contributed by atoms with Crippen LogP contribution in [0.2, 0.25) is 0 Å². The summed E-state index contributed by atoms with van der Waals surface area (Å²) in [6.07, 6.45) is -1.50. The summed E-state index contributed by atoms with van der Waals surface area (Å²) in [7, 11) is 1.51. The number of hydrogen-bond donors (Lipinski definition) is 1. The fourth-order valence-electron chi connectivity index (χ4n) is 2.09. The van der Waals surface area contributed by atoms with Gasteiger partial charge in [-0.25, -0.2) is 4.79 Å². The maximum absolute atomic E-state index is 11.4. The largest absolute Gasteiger partial charge is 0.417 e. The number of carbonyl (C=O) groups is 1. The van der Waals surface area contributed by atoms with Gasteiger partial charge in [0.05, 0.1) is 5.56 Å². The Kier molecular flexibility index (Phi) is 2.06. The van der Waals surface area contributed by atoms with Crippen LogP contribution < -0.4 is 4.74 Å². The van der Waals surface area contributed by atoms with E-state index in [4.69, 9.17) is 4.74 Å². The van der Waals surface area contributed by atoms with Crippen LogP contribution in [0, 0.1) is 0 Å². The summed E-state index contributed by atoms with van der Waals surface area (Å²) in [4.78, 5) is 12.6. The third-order valence-corrected chi connectivity index (χ3v) is 3.04. The van der Waals surface area contributed by atoms with E-state index in [1.54, 1.807) is 6.07 Å². The number of benzene rings is 2. The van der Waals surface area contributed by atoms with E-state index in [9.17, 15) is 9.90 Å². The summed E-state index contributed by atoms with van der Waals surface area (Å²) in [6, 6.07) is 11.3. The van der Waals surface area contributed by atoms with Gasteiger partial charge in [0, 0.05) is 7.05 Å². The Hall–Kier alpha value is -2.07. The van der Waals surface area contributed by atoms with Crippen LogP contribution in [0.25, 0.3) is 10.8 Å². The van der Waals surface area contributed by atoms with Crippen LogP contribution in [-0.2, 0) is 0 Å². The molecule has 1 atom stereocenters. The number of aliphatic hydroxyl groups is 1. The molecule has 0 saturated carbocycles. The lowest BCUT2D eigenvalue weighted by atomic mass is 10.0. The second kappa shape index (κ2) is 3.46. The van der Waals surface area contributed by atoms with Crippen molar-refractivity contribution in [1.82, 2.24) is 4.90 Å². The smallest absolute Gasteiger partial charge is 0.410 e. The summed E-state index contributed by atoms with van der Waals surface area (Å²) in [5.74, 6) is 0.430. The van der Waals surface area contributed by atoms with Crippen molar-refractivity contribution in [2.24, 2.45) is 0 Å². The standard InChI is InChI=1S/C13H11NO3/c1-14-12(15)11-9-5-3-2-4-8(9)6-7-10(11)17-13(14)16/h2-7,12,15H,1H3. The highest BCUT2D eigenvalue weighted by atomic mass is 16.6. The Balaban J connectivity index is 2.32. The highest BCUT2D eigenvalue weighted by molar-refractivity contribution is 5.90. The van der Waals surface area contributed by atoms with Gasteiger partial charge in [0.15, 0.2) is 6.23 Å². The van der Waals surface area contributed by atoms with Gasteiger partial charge in [-0.1, -0.05) is 30.3 Å². The minimum Gasteiger partial charge on any atom is -0.410 e. The lowest BCUT2D eigenvalue weighted by Gasteiger charge is -2.30. The van der Waals surface area contributed by atoms with Crippen LogP contribution in [0.5, 0.6) is 5.75 Å². The van der Waals surface area contributed by atoms with Crippen LogP contribution in [0.15, 0.2) is 36.4 Å². The molecule has 1 amide bonds. The Morgan fingerprint density at radius 2 is 2.00 bits per heavy atom. The summed E-state index contributed by atoms with van der Waals surface area (Å²) in [5.41, 5.74) is 0.644. The van der Waals surface area contributed by atoms with E-state index in [1.165, 1.54) is 11.9 Å². The van der Waals surface area contributed by atoms with Crippen molar-refractivity contribution in [1.29, 1.82) is 0 Å². The van der Waals surface area contributed by atoms with E-state index in [0.717, 1.165) is 10.8 Å². The molecule has 0 aliphatic carbocycles. The van der Waals surface area contributed by atoms with Crippen molar-refractivity contribution >= 4 is 16.9 Å². The van der Waals surface area contributed by atoms with Crippen LogP contribution in [-0.4, -0.2) is 23.1 Å². The number of ether oxygens (including phenoxy) is 1. The van der Waals surface area contributed by atoms with Gasteiger partial charge in [0.1, 0.15) is 5.75 Å². The molecule has 2 aromatic carbocycles. The summed E-state index contributed by atoms with van der Waals surface area (Å²) in [5, 5.41) is 12.0. The minimum atomic E-state index is -0.961. The van der Waals surface area contributed by atoms with E-state index in [2.05, 4.69) is 0 Å². The summed E-state index contributed by atoms with van der Waals surface area (Å²) in [6.45, 7) is 0. The van der Waals surface area contributed by atoms with Gasteiger partial charge < -0.3 is 9.84 Å². The molecule has 0 spiro atoms. The first-order chi connectivity index (χ1) is 8.18. The monoisotopic (exact) mass is 229 g/mol. The molecule has 0 radical (unpaired) electrons. The Morgan fingerprint density at radius 3 is 2.82 bits per heavy atom. The van der Waals surface area contributed by atoms with Gasteiger partial charge in [-0.2, -0.15) is 0 Å². The fourth-order valence-corrected chi connectivity index (χ4v) is 2.09. The third-order valence-electron chi connectivity index (χ3n) is 3.04. The normalized spacial score (nSPS) is 19.1. The lowest BCUT2D eigenvalue weighted by Crippen LogP contribution is -2.37. The fraction of sp³-hybridized carbons (Fsp3) is 0.154. The first-order valence-corrected chi connectivity index (χ1v) is 5.33. The molecule has 0 bridgehead atoms. The van der Waals surface area contributed by atoms with Gasteiger partial charge in [0.2, 0.25) is 0 Å². The molecule has 17 heavy (non-hydrogen) atoms. The van der Waals surface area contributed by atoms with Crippen molar-refractivity contribution in [2.75, 3.05) is 7.05 Å². The summed E-state index contributed by atoms with van der Waals surface area (Å²) < 4.78 is 5.15. The maximum Gasteiger partial charge on any atom is 0.417 e.